The lowest BCUT2D eigenvalue weighted by Crippen LogP contribution is -2.52. The SMILES string of the molecule is C[C@@H](Oc1cccc(C(=O)O)c1)C(=O)NC1(C#N)CCCCC1. The number of carboxylic acids is 1. The summed E-state index contributed by atoms with van der Waals surface area (Å²) in [7, 11) is 0. The first-order chi connectivity index (χ1) is 11.0. The van der Waals surface area contributed by atoms with E-state index >= 15 is 0 Å². The van der Waals surface area contributed by atoms with E-state index in [1.54, 1.807) is 19.1 Å². The summed E-state index contributed by atoms with van der Waals surface area (Å²) in [5.74, 6) is -1.12. The average Bonchev–Trinajstić information content (AvgIpc) is 2.55. The lowest BCUT2D eigenvalue weighted by molar-refractivity contribution is -0.129. The third-order valence-electron chi connectivity index (χ3n) is 4.05. The topological polar surface area (TPSA) is 99.4 Å². The summed E-state index contributed by atoms with van der Waals surface area (Å²) in [5.41, 5.74) is -0.716. The molecule has 0 saturated heterocycles. The molecule has 0 aromatic heterocycles. The number of aromatic carboxylic acids is 1. The van der Waals surface area contributed by atoms with Crippen molar-refractivity contribution in [3.8, 4) is 11.8 Å². The highest BCUT2D eigenvalue weighted by Gasteiger charge is 2.35. The fraction of sp³-hybridized carbons (Fsp3) is 0.471. The molecule has 1 atom stereocenters. The summed E-state index contributed by atoms with van der Waals surface area (Å²) in [5, 5.41) is 21.2. The molecule has 6 heteroatoms. The molecule has 2 rings (SSSR count). The van der Waals surface area contributed by atoms with Gasteiger partial charge in [0.15, 0.2) is 6.10 Å². The lowest BCUT2D eigenvalue weighted by atomic mass is 9.83. The Morgan fingerprint density at radius 1 is 1.35 bits per heavy atom. The Morgan fingerprint density at radius 2 is 2.04 bits per heavy atom. The van der Waals surface area contributed by atoms with Crippen LogP contribution in [-0.2, 0) is 4.79 Å². The molecule has 2 N–H and O–H groups in total. The Bertz CT molecular complexity index is 630. The Labute approximate surface area is 135 Å². The molecule has 1 aromatic rings. The van der Waals surface area contributed by atoms with Gasteiger partial charge in [-0.2, -0.15) is 5.26 Å². The largest absolute Gasteiger partial charge is 0.481 e. The standard InChI is InChI=1S/C17H20N2O4/c1-12(23-14-7-5-6-13(10-14)16(21)22)15(20)19-17(11-18)8-3-2-4-9-17/h5-7,10,12H,2-4,8-9H2,1H3,(H,19,20)(H,21,22)/t12-/m1/s1. The zero-order valence-corrected chi connectivity index (χ0v) is 13.0. The van der Waals surface area contributed by atoms with Gasteiger partial charge in [-0.1, -0.05) is 25.3 Å². The molecule has 0 bridgehead atoms. The molecule has 23 heavy (non-hydrogen) atoms. The Balaban J connectivity index is 2.01. The van der Waals surface area contributed by atoms with E-state index in [0.717, 1.165) is 19.3 Å². The summed E-state index contributed by atoms with van der Waals surface area (Å²) >= 11 is 0. The minimum absolute atomic E-state index is 0.0934. The molecule has 0 aliphatic heterocycles. The molecule has 122 valence electrons. The maximum Gasteiger partial charge on any atom is 0.335 e. The molecule has 0 unspecified atom stereocenters. The Kier molecular flexibility index (Phi) is 5.22. The van der Waals surface area contributed by atoms with Crippen LogP contribution in [0.2, 0.25) is 0 Å². The number of hydrogen-bond donors (Lipinski definition) is 2. The molecule has 6 nitrogen and oxygen atoms in total. The van der Waals surface area contributed by atoms with E-state index in [1.807, 2.05) is 0 Å². The number of carboxylic acid groups (broad SMARTS) is 1. The van der Waals surface area contributed by atoms with E-state index in [9.17, 15) is 14.9 Å². The van der Waals surface area contributed by atoms with Crippen molar-refractivity contribution in [1.82, 2.24) is 5.32 Å². The van der Waals surface area contributed by atoms with Crippen molar-refractivity contribution in [2.45, 2.75) is 50.7 Å². The van der Waals surface area contributed by atoms with E-state index in [4.69, 9.17) is 9.84 Å². The van der Waals surface area contributed by atoms with E-state index in [0.29, 0.717) is 18.6 Å². The summed E-state index contributed by atoms with van der Waals surface area (Å²) in [6.07, 6.45) is 3.40. The second-order valence-electron chi connectivity index (χ2n) is 5.84. The predicted molar refractivity (Wildman–Crippen MR) is 83.1 cm³/mol. The number of carbonyl (C=O) groups excluding carboxylic acids is 1. The zero-order chi connectivity index (χ0) is 16.9. The van der Waals surface area contributed by atoms with Crippen LogP contribution < -0.4 is 10.1 Å². The minimum Gasteiger partial charge on any atom is -0.481 e. The molecule has 1 aliphatic rings. The normalized spacial score (nSPS) is 17.6. The predicted octanol–water partition coefficient (Wildman–Crippen LogP) is 2.49. The van der Waals surface area contributed by atoms with Gasteiger partial charge in [-0.15, -0.1) is 0 Å². The summed E-state index contributed by atoms with van der Waals surface area (Å²) in [6, 6.07) is 8.20. The van der Waals surface area contributed by atoms with Crippen LogP contribution in [0.1, 0.15) is 49.4 Å². The number of nitrogens with one attached hydrogen (secondary N) is 1. The lowest BCUT2D eigenvalue weighted by Gasteiger charge is -2.32. The number of nitriles is 1. The molecule has 1 saturated carbocycles. The highest BCUT2D eigenvalue weighted by molar-refractivity contribution is 5.88. The van der Waals surface area contributed by atoms with E-state index in [-0.39, 0.29) is 11.5 Å². The van der Waals surface area contributed by atoms with Gasteiger partial charge in [-0.05, 0) is 38.0 Å². The minimum atomic E-state index is -1.06. The number of nitrogens with zero attached hydrogens (tertiary/aromatic N) is 1. The van der Waals surface area contributed by atoms with Crippen LogP contribution in [0.5, 0.6) is 5.75 Å². The first-order valence-corrected chi connectivity index (χ1v) is 7.69. The maximum absolute atomic E-state index is 12.3. The van der Waals surface area contributed by atoms with Crippen LogP contribution in [-0.4, -0.2) is 28.6 Å². The molecule has 1 fully saturated rings. The molecule has 1 amide bonds. The fourth-order valence-electron chi connectivity index (χ4n) is 2.72. The zero-order valence-electron chi connectivity index (χ0n) is 13.0. The van der Waals surface area contributed by atoms with Crippen molar-refractivity contribution in [1.29, 1.82) is 5.26 Å². The van der Waals surface area contributed by atoms with Crippen molar-refractivity contribution < 1.29 is 19.4 Å². The van der Waals surface area contributed by atoms with Crippen LogP contribution in [0.4, 0.5) is 0 Å². The number of carbonyl (C=O) groups is 2. The van der Waals surface area contributed by atoms with Gasteiger partial charge in [0.25, 0.3) is 5.91 Å². The van der Waals surface area contributed by atoms with Crippen molar-refractivity contribution in [2.24, 2.45) is 0 Å². The Hall–Kier alpha value is -2.55. The van der Waals surface area contributed by atoms with Crippen molar-refractivity contribution >= 4 is 11.9 Å². The highest BCUT2D eigenvalue weighted by atomic mass is 16.5. The summed E-state index contributed by atoms with van der Waals surface area (Å²) in [4.78, 5) is 23.2. The quantitative estimate of drug-likeness (QED) is 0.869. The van der Waals surface area contributed by atoms with E-state index in [2.05, 4.69) is 11.4 Å². The van der Waals surface area contributed by atoms with Crippen molar-refractivity contribution in [3.05, 3.63) is 29.8 Å². The number of amides is 1. The third kappa shape index (κ3) is 4.22. The van der Waals surface area contributed by atoms with Crippen LogP contribution in [0.25, 0.3) is 0 Å². The first kappa shape index (κ1) is 16.8. The number of ether oxygens (including phenoxy) is 1. The molecular weight excluding hydrogens is 296 g/mol. The van der Waals surface area contributed by atoms with Crippen LogP contribution >= 0.6 is 0 Å². The molecule has 0 spiro atoms. The van der Waals surface area contributed by atoms with Gasteiger partial charge in [0.05, 0.1) is 11.6 Å². The fourth-order valence-corrected chi connectivity index (χ4v) is 2.72. The second-order valence-corrected chi connectivity index (χ2v) is 5.84. The van der Waals surface area contributed by atoms with Crippen LogP contribution in [0.15, 0.2) is 24.3 Å². The number of rotatable bonds is 5. The maximum atomic E-state index is 12.3. The molecule has 0 heterocycles. The number of hydrogen-bond acceptors (Lipinski definition) is 4. The van der Waals surface area contributed by atoms with Gasteiger partial charge in [0.2, 0.25) is 0 Å². The average molecular weight is 316 g/mol. The van der Waals surface area contributed by atoms with Gasteiger partial charge in [-0.25, -0.2) is 4.79 Å². The van der Waals surface area contributed by atoms with Gasteiger partial charge in [-0.3, -0.25) is 4.79 Å². The van der Waals surface area contributed by atoms with E-state index in [1.165, 1.54) is 12.1 Å². The number of benzene rings is 1. The summed E-state index contributed by atoms with van der Waals surface area (Å²) < 4.78 is 5.51. The third-order valence-corrected chi connectivity index (χ3v) is 4.05. The molecule has 1 aliphatic carbocycles. The van der Waals surface area contributed by atoms with Crippen LogP contribution in [0.3, 0.4) is 0 Å². The monoisotopic (exact) mass is 316 g/mol. The van der Waals surface area contributed by atoms with Crippen molar-refractivity contribution in [3.63, 3.8) is 0 Å². The highest BCUT2D eigenvalue weighted by Crippen LogP contribution is 2.27. The smallest absolute Gasteiger partial charge is 0.335 e. The second kappa shape index (κ2) is 7.14. The van der Waals surface area contributed by atoms with E-state index < -0.39 is 17.6 Å². The Morgan fingerprint density at radius 3 is 2.65 bits per heavy atom. The van der Waals surface area contributed by atoms with Gasteiger partial charge in [0.1, 0.15) is 11.3 Å². The molecule has 1 aromatic carbocycles. The summed E-state index contributed by atoms with van der Waals surface area (Å²) in [6.45, 7) is 1.58. The van der Waals surface area contributed by atoms with Gasteiger partial charge in [0, 0.05) is 0 Å². The molecule has 0 radical (unpaired) electrons. The molecular formula is C17H20N2O4. The van der Waals surface area contributed by atoms with Crippen molar-refractivity contribution in [2.75, 3.05) is 0 Å². The first-order valence-electron chi connectivity index (χ1n) is 7.69. The van der Waals surface area contributed by atoms with Gasteiger partial charge < -0.3 is 15.2 Å². The van der Waals surface area contributed by atoms with Crippen LogP contribution in [0, 0.1) is 11.3 Å². The van der Waals surface area contributed by atoms with Gasteiger partial charge >= 0.3 is 5.97 Å².